The van der Waals surface area contributed by atoms with E-state index in [1.54, 1.807) is 24.3 Å². The zero-order valence-corrected chi connectivity index (χ0v) is 7.04. The SMILES string of the molecule is N#Cc1ccc(C(=N)CC=N)cc1. The van der Waals surface area contributed by atoms with Gasteiger partial charge in [-0.2, -0.15) is 5.26 Å². The Balaban J connectivity index is 2.87. The molecule has 3 heteroatoms. The largest absolute Gasteiger partial charge is 0.313 e. The summed E-state index contributed by atoms with van der Waals surface area (Å²) in [5.74, 6) is 0. The van der Waals surface area contributed by atoms with Gasteiger partial charge in [-0.15, -0.1) is 0 Å². The van der Waals surface area contributed by atoms with Crippen molar-refractivity contribution < 1.29 is 0 Å². The van der Waals surface area contributed by atoms with E-state index in [1.807, 2.05) is 6.07 Å². The van der Waals surface area contributed by atoms with Gasteiger partial charge in [-0.3, -0.25) is 0 Å². The van der Waals surface area contributed by atoms with Gasteiger partial charge in [0.1, 0.15) is 0 Å². The molecule has 0 radical (unpaired) electrons. The maximum Gasteiger partial charge on any atom is 0.0991 e. The Labute approximate surface area is 76.7 Å². The molecule has 0 aliphatic heterocycles. The van der Waals surface area contributed by atoms with E-state index in [9.17, 15) is 0 Å². The van der Waals surface area contributed by atoms with Crippen LogP contribution in [0.2, 0.25) is 0 Å². The maximum absolute atomic E-state index is 8.53. The lowest BCUT2D eigenvalue weighted by Gasteiger charge is -1.99. The molecule has 0 spiro atoms. The minimum Gasteiger partial charge on any atom is -0.313 e. The van der Waals surface area contributed by atoms with Crippen molar-refractivity contribution in [3.05, 3.63) is 35.4 Å². The third-order valence-electron chi connectivity index (χ3n) is 1.67. The minimum absolute atomic E-state index is 0.339. The predicted molar refractivity (Wildman–Crippen MR) is 51.4 cm³/mol. The Bertz CT molecular complexity index is 357. The van der Waals surface area contributed by atoms with Crippen LogP contribution in [0.15, 0.2) is 24.3 Å². The van der Waals surface area contributed by atoms with E-state index >= 15 is 0 Å². The molecule has 0 amide bonds. The number of nitrogens with zero attached hydrogens (tertiary/aromatic N) is 1. The van der Waals surface area contributed by atoms with Gasteiger partial charge in [-0.05, 0) is 17.7 Å². The first-order valence-corrected chi connectivity index (χ1v) is 3.85. The highest BCUT2D eigenvalue weighted by molar-refractivity contribution is 6.04. The summed E-state index contributed by atoms with van der Waals surface area (Å²) in [6.45, 7) is 0. The number of rotatable bonds is 3. The quantitative estimate of drug-likeness (QED) is 0.670. The molecule has 0 aromatic heterocycles. The molecule has 2 N–H and O–H groups in total. The Kier molecular flexibility index (Phi) is 2.93. The average molecular weight is 171 g/mol. The van der Waals surface area contributed by atoms with Crippen LogP contribution in [0.3, 0.4) is 0 Å². The molecule has 1 aromatic carbocycles. The van der Waals surface area contributed by atoms with Gasteiger partial charge < -0.3 is 10.8 Å². The van der Waals surface area contributed by atoms with Crippen LogP contribution in [0, 0.1) is 22.1 Å². The maximum atomic E-state index is 8.53. The first-order valence-electron chi connectivity index (χ1n) is 3.85. The average Bonchev–Trinajstić information content (AvgIpc) is 2.18. The van der Waals surface area contributed by atoms with Crippen LogP contribution in [-0.4, -0.2) is 11.9 Å². The van der Waals surface area contributed by atoms with Gasteiger partial charge in [0.2, 0.25) is 0 Å². The minimum atomic E-state index is 0.339. The zero-order valence-electron chi connectivity index (χ0n) is 7.04. The molecule has 64 valence electrons. The van der Waals surface area contributed by atoms with E-state index in [0.717, 1.165) is 5.56 Å². The molecule has 0 saturated carbocycles. The number of benzene rings is 1. The highest BCUT2D eigenvalue weighted by Gasteiger charge is 1.98. The van der Waals surface area contributed by atoms with Gasteiger partial charge in [0.15, 0.2) is 0 Å². The van der Waals surface area contributed by atoms with Gasteiger partial charge in [0, 0.05) is 18.3 Å². The summed E-state index contributed by atoms with van der Waals surface area (Å²) < 4.78 is 0. The van der Waals surface area contributed by atoms with Crippen molar-refractivity contribution in [2.75, 3.05) is 0 Å². The van der Waals surface area contributed by atoms with Crippen LogP contribution < -0.4 is 0 Å². The number of nitriles is 1. The Hall–Kier alpha value is -1.95. The smallest absolute Gasteiger partial charge is 0.0991 e. The molecular formula is C10H9N3. The summed E-state index contributed by atoms with van der Waals surface area (Å²) in [4.78, 5) is 0. The second-order valence-electron chi connectivity index (χ2n) is 2.58. The van der Waals surface area contributed by atoms with E-state index < -0.39 is 0 Å². The van der Waals surface area contributed by atoms with Crippen LogP contribution in [-0.2, 0) is 0 Å². The van der Waals surface area contributed by atoms with Gasteiger partial charge in [0.25, 0.3) is 0 Å². The van der Waals surface area contributed by atoms with Crippen molar-refractivity contribution in [2.45, 2.75) is 6.42 Å². The molecule has 13 heavy (non-hydrogen) atoms. The highest BCUT2D eigenvalue weighted by Crippen LogP contribution is 2.05. The fourth-order valence-electron chi connectivity index (χ4n) is 0.966. The lowest BCUT2D eigenvalue weighted by atomic mass is 10.1. The van der Waals surface area contributed by atoms with Crippen LogP contribution in [0.1, 0.15) is 17.5 Å². The van der Waals surface area contributed by atoms with Gasteiger partial charge in [-0.25, -0.2) is 0 Å². The molecule has 0 aliphatic rings. The second kappa shape index (κ2) is 4.17. The van der Waals surface area contributed by atoms with E-state index in [4.69, 9.17) is 16.1 Å². The summed E-state index contributed by atoms with van der Waals surface area (Å²) in [6, 6.07) is 8.81. The van der Waals surface area contributed by atoms with Crippen LogP contribution >= 0.6 is 0 Å². The molecule has 0 aliphatic carbocycles. The van der Waals surface area contributed by atoms with Gasteiger partial charge >= 0.3 is 0 Å². The Morgan fingerprint density at radius 3 is 2.46 bits per heavy atom. The summed E-state index contributed by atoms with van der Waals surface area (Å²) >= 11 is 0. The van der Waals surface area contributed by atoms with Crippen LogP contribution in [0.5, 0.6) is 0 Å². The molecule has 0 atom stereocenters. The first-order chi connectivity index (χ1) is 6.27. The van der Waals surface area contributed by atoms with E-state index in [-0.39, 0.29) is 0 Å². The van der Waals surface area contributed by atoms with Crippen molar-refractivity contribution in [3.63, 3.8) is 0 Å². The monoisotopic (exact) mass is 171 g/mol. The van der Waals surface area contributed by atoms with Crippen molar-refractivity contribution in [1.82, 2.24) is 0 Å². The molecule has 0 unspecified atom stereocenters. The van der Waals surface area contributed by atoms with E-state index in [2.05, 4.69) is 0 Å². The zero-order chi connectivity index (χ0) is 9.68. The number of hydrogen-bond donors (Lipinski definition) is 2. The Morgan fingerprint density at radius 1 is 1.38 bits per heavy atom. The lowest BCUT2D eigenvalue weighted by molar-refractivity contribution is 1.38. The number of nitrogens with one attached hydrogen (secondary N) is 2. The van der Waals surface area contributed by atoms with Crippen LogP contribution in [0.4, 0.5) is 0 Å². The molecule has 1 aromatic rings. The summed E-state index contributed by atoms with van der Waals surface area (Å²) in [5, 5.41) is 22.9. The molecule has 0 saturated heterocycles. The molecule has 0 fully saturated rings. The van der Waals surface area contributed by atoms with Crippen molar-refractivity contribution >= 4 is 11.9 Å². The topological polar surface area (TPSA) is 71.5 Å². The molecular weight excluding hydrogens is 162 g/mol. The molecule has 0 bridgehead atoms. The van der Waals surface area contributed by atoms with E-state index in [1.165, 1.54) is 6.21 Å². The second-order valence-corrected chi connectivity index (χ2v) is 2.58. The molecule has 3 nitrogen and oxygen atoms in total. The summed E-state index contributed by atoms with van der Waals surface area (Å²) in [6.07, 6.45) is 1.53. The molecule has 1 rings (SSSR count). The first kappa shape index (κ1) is 9.14. The van der Waals surface area contributed by atoms with Crippen molar-refractivity contribution in [3.8, 4) is 6.07 Å². The third-order valence-corrected chi connectivity index (χ3v) is 1.67. The third kappa shape index (κ3) is 2.24. The molecule has 0 heterocycles. The van der Waals surface area contributed by atoms with Gasteiger partial charge in [-0.1, -0.05) is 12.1 Å². The van der Waals surface area contributed by atoms with Crippen molar-refractivity contribution in [1.29, 1.82) is 16.1 Å². The van der Waals surface area contributed by atoms with Crippen molar-refractivity contribution in [2.24, 2.45) is 0 Å². The summed E-state index contributed by atoms with van der Waals surface area (Å²) in [7, 11) is 0. The fraction of sp³-hybridized carbons (Fsp3) is 0.100. The summed E-state index contributed by atoms with van der Waals surface area (Å²) in [5.41, 5.74) is 1.76. The normalized spacial score (nSPS) is 8.85. The highest BCUT2D eigenvalue weighted by atomic mass is 14.4. The fourth-order valence-corrected chi connectivity index (χ4v) is 0.966. The lowest BCUT2D eigenvalue weighted by Crippen LogP contribution is -1.98. The Morgan fingerprint density at radius 2 is 2.00 bits per heavy atom. The standard InChI is InChI=1S/C10H9N3/c11-6-5-10(13)9-3-1-8(7-12)2-4-9/h1-4,6,11,13H,5H2. The number of hydrogen-bond acceptors (Lipinski definition) is 3. The predicted octanol–water partition coefficient (Wildman–Crippen LogP) is 1.97. The van der Waals surface area contributed by atoms with Crippen LogP contribution in [0.25, 0.3) is 0 Å². The van der Waals surface area contributed by atoms with E-state index in [0.29, 0.717) is 17.7 Å². The van der Waals surface area contributed by atoms with Gasteiger partial charge in [0.05, 0.1) is 11.6 Å².